The molecule has 0 heterocycles. The molecule has 21 heavy (non-hydrogen) atoms. The van der Waals surface area contributed by atoms with Gasteiger partial charge in [0.2, 0.25) is 0 Å². The number of ether oxygens (including phenoxy) is 2. The van der Waals surface area contributed by atoms with Gasteiger partial charge in [0.05, 0.1) is 26.5 Å². The Balaban J connectivity index is 3.09. The number of para-hydroxylation sites is 1. The van der Waals surface area contributed by atoms with Crippen molar-refractivity contribution in [2.24, 2.45) is 5.16 Å². The number of rotatable bonds is 6. The normalized spacial score (nSPS) is 11.1. The number of hydrogen-bond acceptors (Lipinski definition) is 7. The van der Waals surface area contributed by atoms with Gasteiger partial charge in [-0.1, -0.05) is 23.4 Å². The molecule has 0 aliphatic carbocycles. The second-order valence-electron chi connectivity index (χ2n) is 3.70. The second kappa shape index (κ2) is 8.36. The lowest BCUT2D eigenvalue weighted by molar-refractivity contribution is -0.138. The van der Waals surface area contributed by atoms with E-state index in [-0.39, 0.29) is 5.70 Å². The van der Waals surface area contributed by atoms with Crippen molar-refractivity contribution < 1.29 is 23.9 Å². The van der Waals surface area contributed by atoms with Crippen LogP contribution in [0, 0.1) is 0 Å². The van der Waals surface area contributed by atoms with Gasteiger partial charge in [-0.05, 0) is 6.07 Å². The fraction of sp³-hybridized carbons (Fsp3) is 0.214. The Bertz CT molecular complexity index is 566. The van der Waals surface area contributed by atoms with Gasteiger partial charge >= 0.3 is 11.9 Å². The Kier molecular flexibility index (Phi) is 6.46. The molecule has 0 amide bonds. The van der Waals surface area contributed by atoms with Gasteiger partial charge in [-0.15, -0.1) is 0 Å². The van der Waals surface area contributed by atoms with Gasteiger partial charge in [-0.3, -0.25) is 0 Å². The monoisotopic (exact) mass is 292 g/mol. The van der Waals surface area contributed by atoms with Crippen LogP contribution in [0.25, 0.3) is 0 Å². The molecule has 0 spiro atoms. The fourth-order valence-electron chi connectivity index (χ4n) is 1.41. The summed E-state index contributed by atoms with van der Waals surface area (Å²) < 4.78 is 9.11. The topological polar surface area (TPSA) is 86.2 Å². The smallest absolute Gasteiger partial charge is 0.354 e. The Morgan fingerprint density at radius 3 is 2.48 bits per heavy atom. The van der Waals surface area contributed by atoms with Crippen LogP contribution < -0.4 is 5.32 Å². The van der Waals surface area contributed by atoms with Crippen LogP contribution in [0.4, 0.5) is 5.69 Å². The molecule has 0 radical (unpaired) electrons. The molecule has 7 heteroatoms. The summed E-state index contributed by atoms with van der Waals surface area (Å²) in [5.41, 5.74) is 1.17. The molecule has 0 aliphatic heterocycles. The number of carbonyl (C=O) groups is 2. The van der Waals surface area contributed by atoms with Gasteiger partial charge in [0.25, 0.3) is 0 Å². The van der Waals surface area contributed by atoms with Crippen LogP contribution in [0.3, 0.4) is 0 Å². The number of esters is 2. The number of nitrogens with zero attached hydrogens (tertiary/aromatic N) is 1. The number of anilines is 1. The summed E-state index contributed by atoms with van der Waals surface area (Å²) in [6.07, 6.45) is 2.48. The van der Waals surface area contributed by atoms with Crippen molar-refractivity contribution in [2.75, 3.05) is 26.6 Å². The third kappa shape index (κ3) is 4.98. The van der Waals surface area contributed by atoms with E-state index >= 15 is 0 Å². The molecular weight excluding hydrogens is 276 g/mol. The van der Waals surface area contributed by atoms with Gasteiger partial charge in [0.1, 0.15) is 12.8 Å². The highest BCUT2D eigenvalue weighted by Crippen LogP contribution is 2.16. The lowest BCUT2D eigenvalue weighted by atomic mass is 10.2. The van der Waals surface area contributed by atoms with Crippen LogP contribution in [0.15, 0.2) is 41.2 Å². The van der Waals surface area contributed by atoms with E-state index in [1.807, 2.05) is 0 Å². The van der Waals surface area contributed by atoms with Crippen LogP contribution in [-0.4, -0.2) is 39.5 Å². The minimum Gasteiger partial charge on any atom is -0.466 e. The molecule has 0 atom stereocenters. The quantitative estimate of drug-likeness (QED) is 0.368. The number of methoxy groups -OCH3 is 2. The Hall–Kier alpha value is -2.83. The summed E-state index contributed by atoms with van der Waals surface area (Å²) >= 11 is 0. The number of nitrogens with one attached hydrogen (secondary N) is 1. The summed E-state index contributed by atoms with van der Waals surface area (Å²) in [7, 11) is 3.85. The molecule has 1 N–H and O–H groups in total. The lowest BCUT2D eigenvalue weighted by Gasteiger charge is -2.11. The highest BCUT2D eigenvalue weighted by molar-refractivity contribution is 6.00. The van der Waals surface area contributed by atoms with Crippen molar-refractivity contribution in [1.29, 1.82) is 0 Å². The van der Waals surface area contributed by atoms with Gasteiger partial charge in [0.15, 0.2) is 0 Å². The Labute approximate surface area is 122 Å². The zero-order valence-corrected chi connectivity index (χ0v) is 12.0. The van der Waals surface area contributed by atoms with E-state index in [9.17, 15) is 9.59 Å². The minimum absolute atomic E-state index is 0.0531. The maximum absolute atomic E-state index is 11.7. The maximum atomic E-state index is 11.7. The van der Waals surface area contributed by atoms with Crippen LogP contribution in [0.5, 0.6) is 0 Å². The first-order chi connectivity index (χ1) is 10.1. The van der Waals surface area contributed by atoms with Crippen molar-refractivity contribution in [3.8, 4) is 0 Å². The zero-order chi connectivity index (χ0) is 15.7. The average molecular weight is 292 g/mol. The molecule has 0 saturated heterocycles. The van der Waals surface area contributed by atoms with Crippen LogP contribution in [0.1, 0.15) is 5.56 Å². The summed E-state index contributed by atoms with van der Waals surface area (Å²) in [5.74, 6) is -1.37. The number of benzene rings is 1. The molecule has 1 aromatic rings. The van der Waals surface area contributed by atoms with E-state index in [1.54, 1.807) is 24.3 Å². The third-order valence-electron chi connectivity index (χ3n) is 2.40. The summed E-state index contributed by atoms with van der Waals surface area (Å²) in [4.78, 5) is 27.6. The largest absolute Gasteiger partial charge is 0.466 e. The third-order valence-corrected chi connectivity index (χ3v) is 2.40. The van der Waals surface area contributed by atoms with Crippen molar-refractivity contribution in [2.45, 2.75) is 0 Å². The van der Waals surface area contributed by atoms with Crippen molar-refractivity contribution in [1.82, 2.24) is 0 Å². The Morgan fingerprint density at radius 1 is 1.14 bits per heavy atom. The predicted molar refractivity (Wildman–Crippen MR) is 76.8 cm³/mol. The van der Waals surface area contributed by atoms with E-state index in [1.165, 1.54) is 27.5 Å². The molecule has 112 valence electrons. The molecule has 1 aromatic carbocycles. The van der Waals surface area contributed by atoms with E-state index in [2.05, 4.69) is 24.8 Å². The van der Waals surface area contributed by atoms with Gasteiger partial charge in [-0.2, -0.15) is 0 Å². The SMILES string of the molecule is CON=Cc1ccccc1N/C(=C/C(=O)OC)C(=O)OC. The van der Waals surface area contributed by atoms with Crippen LogP contribution in [0.2, 0.25) is 0 Å². The number of hydrogen-bond donors (Lipinski definition) is 1. The Morgan fingerprint density at radius 2 is 1.86 bits per heavy atom. The summed E-state index contributed by atoms with van der Waals surface area (Å²) in [6.45, 7) is 0. The number of carbonyl (C=O) groups excluding carboxylic acids is 2. The van der Waals surface area contributed by atoms with E-state index in [0.29, 0.717) is 11.3 Å². The summed E-state index contributed by atoms with van der Waals surface area (Å²) in [5, 5.41) is 6.47. The lowest BCUT2D eigenvalue weighted by Crippen LogP contribution is -2.16. The van der Waals surface area contributed by atoms with Crippen molar-refractivity contribution in [3.63, 3.8) is 0 Å². The van der Waals surface area contributed by atoms with E-state index in [0.717, 1.165) is 6.08 Å². The second-order valence-corrected chi connectivity index (χ2v) is 3.70. The molecule has 7 nitrogen and oxygen atoms in total. The molecule has 0 saturated carbocycles. The van der Waals surface area contributed by atoms with Crippen molar-refractivity contribution >= 4 is 23.8 Å². The van der Waals surface area contributed by atoms with Crippen molar-refractivity contribution in [3.05, 3.63) is 41.6 Å². The zero-order valence-electron chi connectivity index (χ0n) is 12.0. The van der Waals surface area contributed by atoms with Gasteiger partial charge in [-0.25, -0.2) is 9.59 Å². The molecule has 0 bridgehead atoms. The fourth-order valence-corrected chi connectivity index (χ4v) is 1.41. The summed E-state index contributed by atoms with van der Waals surface area (Å²) in [6, 6.07) is 7.03. The number of oxime groups is 1. The first kappa shape index (κ1) is 16.2. The van der Waals surface area contributed by atoms with Gasteiger partial charge < -0.3 is 19.6 Å². The van der Waals surface area contributed by atoms with Crippen LogP contribution in [-0.2, 0) is 23.9 Å². The molecule has 1 rings (SSSR count). The first-order valence-corrected chi connectivity index (χ1v) is 5.93. The van der Waals surface area contributed by atoms with E-state index < -0.39 is 11.9 Å². The minimum atomic E-state index is -0.695. The molecule has 0 aromatic heterocycles. The molecule has 0 aliphatic rings. The standard InChI is InChI=1S/C14H16N2O5/c1-19-13(17)8-12(14(18)20-2)16-11-7-5-4-6-10(11)9-15-21-3/h4-9,16H,1-3H3/b12-8+,15-9?. The predicted octanol–water partition coefficient (Wildman–Crippen LogP) is 1.31. The van der Waals surface area contributed by atoms with Gasteiger partial charge in [0, 0.05) is 11.3 Å². The molecule has 0 fully saturated rings. The first-order valence-electron chi connectivity index (χ1n) is 5.93. The maximum Gasteiger partial charge on any atom is 0.354 e. The highest BCUT2D eigenvalue weighted by atomic mass is 16.6. The van der Waals surface area contributed by atoms with Crippen LogP contribution >= 0.6 is 0 Å². The average Bonchev–Trinajstić information content (AvgIpc) is 2.52. The van der Waals surface area contributed by atoms with E-state index in [4.69, 9.17) is 0 Å². The molecule has 0 unspecified atom stereocenters. The molecular formula is C14H16N2O5. The highest BCUT2D eigenvalue weighted by Gasteiger charge is 2.13.